The van der Waals surface area contributed by atoms with Crippen molar-refractivity contribution in [2.45, 2.75) is 90.5 Å². The first-order chi connectivity index (χ1) is 16.8. The Morgan fingerprint density at radius 1 is 1.14 bits per heavy atom. The molecule has 7 nitrogen and oxygen atoms in total. The van der Waals surface area contributed by atoms with Gasteiger partial charge in [0.1, 0.15) is 0 Å². The van der Waals surface area contributed by atoms with Gasteiger partial charge in [0, 0.05) is 35.5 Å². The summed E-state index contributed by atoms with van der Waals surface area (Å²) in [5.74, 6) is -3.31. The smallest absolute Gasteiger partial charge is 0.306 e. The van der Waals surface area contributed by atoms with E-state index in [4.69, 9.17) is 9.47 Å². The molecule has 4 rings (SSSR count). The van der Waals surface area contributed by atoms with E-state index in [1.165, 1.54) is 12.2 Å². The number of rotatable bonds is 6. The lowest BCUT2D eigenvalue weighted by molar-refractivity contribution is -0.228. The summed E-state index contributed by atoms with van der Waals surface area (Å²) >= 11 is 0. The van der Waals surface area contributed by atoms with Gasteiger partial charge in [-0.2, -0.15) is 0 Å². The minimum absolute atomic E-state index is 0.0430. The molecule has 3 saturated carbocycles. The number of halogens is 1. The lowest BCUT2D eigenvalue weighted by Crippen LogP contribution is -2.70. The van der Waals surface area contributed by atoms with E-state index in [0.717, 1.165) is 0 Å². The molecule has 0 aromatic heterocycles. The van der Waals surface area contributed by atoms with E-state index in [1.807, 2.05) is 6.92 Å². The highest BCUT2D eigenvalue weighted by atomic mass is 19.1. The van der Waals surface area contributed by atoms with Crippen molar-refractivity contribution < 1.29 is 38.1 Å². The molecule has 0 bridgehead atoms. The molecule has 4 aliphatic carbocycles. The van der Waals surface area contributed by atoms with Crippen LogP contribution < -0.4 is 0 Å². The number of Topliss-reactive ketones (excluding diaryl/α,β-unsaturated/α-hetero) is 1. The first-order valence-corrected chi connectivity index (χ1v) is 13.0. The molecule has 0 heterocycles. The van der Waals surface area contributed by atoms with Gasteiger partial charge in [0.15, 0.2) is 23.7 Å². The minimum atomic E-state index is -2.05. The van der Waals surface area contributed by atoms with Crippen molar-refractivity contribution >= 4 is 23.5 Å². The molecule has 8 heteroatoms. The lowest BCUT2D eigenvalue weighted by atomic mass is 9.44. The van der Waals surface area contributed by atoms with Gasteiger partial charge in [-0.05, 0) is 50.7 Å². The molecule has 3 fully saturated rings. The Morgan fingerprint density at radius 3 is 2.44 bits per heavy atom. The number of fused-ring (bicyclic) bond motifs is 5. The van der Waals surface area contributed by atoms with E-state index < -0.39 is 64.4 Å². The Balaban J connectivity index is 1.80. The Morgan fingerprint density at radius 2 is 1.81 bits per heavy atom. The van der Waals surface area contributed by atoms with Crippen LogP contribution in [0.15, 0.2) is 23.8 Å². The normalized spacial score (nSPS) is 43.1. The number of aliphatic hydroxyl groups is 1. The molecule has 0 aromatic carbocycles. The van der Waals surface area contributed by atoms with E-state index in [0.29, 0.717) is 24.8 Å². The third-order valence-corrected chi connectivity index (χ3v) is 9.81. The van der Waals surface area contributed by atoms with Crippen molar-refractivity contribution in [2.24, 2.45) is 28.6 Å². The highest BCUT2D eigenvalue weighted by molar-refractivity contribution is 6.01. The fourth-order valence-corrected chi connectivity index (χ4v) is 8.01. The van der Waals surface area contributed by atoms with Crippen molar-refractivity contribution in [1.29, 1.82) is 0 Å². The second-order valence-electron chi connectivity index (χ2n) is 11.4. The van der Waals surface area contributed by atoms with Gasteiger partial charge in [0.05, 0.1) is 6.10 Å². The number of aliphatic hydroxyl groups excluding tert-OH is 1. The van der Waals surface area contributed by atoms with Gasteiger partial charge in [-0.1, -0.05) is 39.3 Å². The van der Waals surface area contributed by atoms with Crippen LogP contribution >= 0.6 is 0 Å². The molecular formula is C28H37FO7. The van der Waals surface area contributed by atoms with Crippen LogP contribution in [0.3, 0.4) is 0 Å². The van der Waals surface area contributed by atoms with Crippen LogP contribution in [-0.4, -0.2) is 52.6 Å². The van der Waals surface area contributed by atoms with Gasteiger partial charge >= 0.3 is 11.9 Å². The molecule has 8 atom stereocenters. The maximum atomic E-state index is 17.4. The predicted octanol–water partition coefficient (Wildman–Crippen LogP) is 3.82. The number of carbonyl (C=O) groups is 4. The number of esters is 2. The van der Waals surface area contributed by atoms with E-state index in [-0.39, 0.29) is 31.0 Å². The van der Waals surface area contributed by atoms with Crippen molar-refractivity contribution in [3.63, 3.8) is 0 Å². The van der Waals surface area contributed by atoms with E-state index in [1.54, 1.807) is 33.8 Å². The predicted molar refractivity (Wildman–Crippen MR) is 128 cm³/mol. The molecule has 0 spiro atoms. The fraction of sp³-hybridized carbons (Fsp3) is 0.714. The van der Waals surface area contributed by atoms with Crippen LogP contribution in [0.25, 0.3) is 0 Å². The van der Waals surface area contributed by atoms with E-state index in [9.17, 15) is 24.3 Å². The van der Waals surface area contributed by atoms with Gasteiger partial charge in [0.2, 0.25) is 5.78 Å². The van der Waals surface area contributed by atoms with Gasteiger partial charge in [0.25, 0.3) is 0 Å². The summed E-state index contributed by atoms with van der Waals surface area (Å²) in [7, 11) is 0. The average Bonchev–Trinajstić information content (AvgIpc) is 3.05. The standard InChI is InChI=1S/C28H37FO7/c1-6-23(33)35-15-22(32)28(36-24(34)7-2)16(3)12-20-19-9-8-17-13-18(30)10-11-25(17,4)27(19,29)21(31)14-26(20,28)5/h10-11,13,16,19-21,31H,6-9,12,14-15H2,1-5H3/t16-,19-,20-,21+,25-,26-,27-,28-/m0/s1. The largest absolute Gasteiger partial charge is 0.457 e. The second-order valence-corrected chi connectivity index (χ2v) is 11.4. The average molecular weight is 505 g/mol. The molecule has 0 unspecified atom stereocenters. The topological polar surface area (TPSA) is 107 Å². The molecule has 198 valence electrons. The molecule has 0 amide bonds. The number of ether oxygens (including phenoxy) is 2. The fourth-order valence-electron chi connectivity index (χ4n) is 8.01. The maximum absolute atomic E-state index is 17.4. The Hall–Kier alpha value is -2.35. The molecule has 4 aliphatic rings. The molecule has 36 heavy (non-hydrogen) atoms. The number of hydrogen-bond donors (Lipinski definition) is 1. The summed E-state index contributed by atoms with van der Waals surface area (Å²) in [5.41, 5.74) is -5.26. The number of alkyl halides is 1. The van der Waals surface area contributed by atoms with Crippen LogP contribution in [-0.2, 0) is 28.7 Å². The van der Waals surface area contributed by atoms with Crippen LogP contribution in [0.2, 0.25) is 0 Å². The number of ketones is 2. The van der Waals surface area contributed by atoms with Crippen molar-refractivity contribution in [2.75, 3.05) is 6.61 Å². The molecule has 0 radical (unpaired) electrons. The Kier molecular flexibility index (Phi) is 6.60. The van der Waals surface area contributed by atoms with Crippen molar-refractivity contribution in [3.8, 4) is 0 Å². The van der Waals surface area contributed by atoms with E-state index in [2.05, 4.69) is 0 Å². The molecular weight excluding hydrogens is 467 g/mol. The van der Waals surface area contributed by atoms with Gasteiger partial charge in [-0.3, -0.25) is 19.2 Å². The van der Waals surface area contributed by atoms with Gasteiger partial charge < -0.3 is 14.6 Å². The van der Waals surface area contributed by atoms with Crippen LogP contribution in [0, 0.1) is 28.6 Å². The summed E-state index contributed by atoms with van der Waals surface area (Å²) < 4.78 is 28.5. The zero-order valence-electron chi connectivity index (χ0n) is 21.8. The van der Waals surface area contributed by atoms with Crippen LogP contribution in [0.4, 0.5) is 4.39 Å². The number of carbonyl (C=O) groups excluding carboxylic acids is 4. The molecule has 1 N–H and O–H groups in total. The van der Waals surface area contributed by atoms with Crippen molar-refractivity contribution in [1.82, 2.24) is 0 Å². The first-order valence-electron chi connectivity index (χ1n) is 13.0. The molecule has 0 aliphatic heterocycles. The zero-order chi connectivity index (χ0) is 26.7. The second kappa shape index (κ2) is 8.89. The lowest BCUT2D eigenvalue weighted by Gasteiger charge is -2.62. The molecule has 0 aromatic rings. The number of allylic oxidation sites excluding steroid dienone is 4. The minimum Gasteiger partial charge on any atom is -0.457 e. The van der Waals surface area contributed by atoms with Gasteiger partial charge in [-0.25, -0.2) is 4.39 Å². The SMILES string of the molecule is CCC(=O)OCC(=O)[C@@]1(OC(=O)CC)[C@@H](C)C[C@H]2[C@@H]3CCC4=CC(=O)C=C[C@]4(C)[C@@]3(F)[C@H](O)C[C@@]21C. The molecule has 0 saturated heterocycles. The third kappa shape index (κ3) is 3.39. The summed E-state index contributed by atoms with van der Waals surface area (Å²) in [4.78, 5) is 50.3. The number of hydrogen-bond acceptors (Lipinski definition) is 7. The van der Waals surface area contributed by atoms with Crippen LogP contribution in [0.1, 0.15) is 73.1 Å². The summed E-state index contributed by atoms with van der Waals surface area (Å²) in [5, 5.41) is 11.5. The van der Waals surface area contributed by atoms with Crippen LogP contribution in [0.5, 0.6) is 0 Å². The summed E-state index contributed by atoms with van der Waals surface area (Å²) in [6.45, 7) is 8.05. The highest BCUT2D eigenvalue weighted by Crippen LogP contribution is 2.71. The third-order valence-electron chi connectivity index (χ3n) is 9.81. The van der Waals surface area contributed by atoms with Gasteiger partial charge in [-0.15, -0.1) is 0 Å². The Labute approximate surface area is 211 Å². The maximum Gasteiger partial charge on any atom is 0.306 e. The first kappa shape index (κ1) is 26.7. The highest BCUT2D eigenvalue weighted by Gasteiger charge is 2.77. The summed E-state index contributed by atoms with van der Waals surface area (Å²) in [6, 6.07) is 0. The monoisotopic (exact) mass is 504 g/mol. The van der Waals surface area contributed by atoms with E-state index >= 15 is 4.39 Å². The zero-order valence-corrected chi connectivity index (χ0v) is 21.8. The Bertz CT molecular complexity index is 1050. The van der Waals surface area contributed by atoms with Crippen molar-refractivity contribution in [3.05, 3.63) is 23.8 Å². The quantitative estimate of drug-likeness (QED) is 0.548. The summed E-state index contributed by atoms with van der Waals surface area (Å²) in [6.07, 6.45) is 4.32.